The third-order valence-electron chi connectivity index (χ3n) is 5.84. The molecule has 0 aliphatic carbocycles. The van der Waals surface area contributed by atoms with Crippen molar-refractivity contribution in [1.82, 2.24) is 4.31 Å². The van der Waals surface area contributed by atoms with Crippen LogP contribution < -0.4 is 9.47 Å². The maximum absolute atomic E-state index is 14.2. The number of rotatable bonds is 15. The molecular weight excluding hydrogens is 522 g/mol. The number of aliphatic imine (C=N–C) groups is 2. The number of hydrogen-bond acceptors (Lipinski definition) is 8. The maximum Gasteiger partial charge on any atom is 0.220 e. The monoisotopic (exact) mass is 561 g/mol. The second-order valence-corrected chi connectivity index (χ2v) is 11.4. The quantitative estimate of drug-likeness (QED) is 0.252. The molecule has 2 aromatic carbocycles. The maximum atomic E-state index is 14.2. The highest BCUT2D eigenvalue weighted by Crippen LogP contribution is 2.24. The molecule has 0 aromatic heterocycles. The van der Waals surface area contributed by atoms with Gasteiger partial charge in [0.2, 0.25) is 10.0 Å². The zero-order chi connectivity index (χ0) is 29.0. The molecule has 0 saturated carbocycles. The molecule has 0 saturated heterocycles. The molecule has 0 bridgehead atoms. The van der Waals surface area contributed by atoms with E-state index in [0.717, 1.165) is 16.7 Å². The van der Waals surface area contributed by atoms with E-state index >= 15 is 0 Å². The highest BCUT2D eigenvalue weighted by Gasteiger charge is 2.38. The number of methoxy groups -OCH3 is 2. The van der Waals surface area contributed by atoms with Crippen molar-refractivity contribution >= 4 is 22.6 Å². The number of hydrogen-bond donors (Lipinski definition) is 2. The van der Waals surface area contributed by atoms with E-state index in [9.17, 15) is 18.6 Å². The summed E-state index contributed by atoms with van der Waals surface area (Å²) < 4.78 is 45.9. The number of amidine groups is 1. The van der Waals surface area contributed by atoms with Gasteiger partial charge in [-0.15, -0.1) is 0 Å². The first kappa shape index (κ1) is 32.1. The first-order valence-corrected chi connectivity index (χ1v) is 13.9. The van der Waals surface area contributed by atoms with E-state index in [0.29, 0.717) is 11.5 Å². The summed E-state index contributed by atoms with van der Waals surface area (Å²) in [6.45, 7) is 8.02. The van der Waals surface area contributed by atoms with Gasteiger partial charge in [0.15, 0.2) is 5.84 Å². The summed E-state index contributed by atoms with van der Waals surface area (Å²) in [5.74, 6) is 1.36. The lowest BCUT2D eigenvalue weighted by atomic mass is 10.2. The molecule has 2 rings (SSSR count). The van der Waals surface area contributed by atoms with Crippen molar-refractivity contribution < 1.29 is 32.8 Å². The van der Waals surface area contributed by atoms with E-state index in [-0.39, 0.29) is 25.5 Å². The van der Waals surface area contributed by atoms with E-state index in [1.165, 1.54) is 17.4 Å². The van der Waals surface area contributed by atoms with Gasteiger partial charge in [-0.3, -0.25) is 0 Å². The van der Waals surface area contributed by atoms with E-state index in [1.807, 2.05) is 13.8 Å². The van der Waals surface area contributed by atoms with Gasteiger partial charge in [-0.1, -0.05) is 29.8 Å². The van der Waals surface area contributed by atoms with E-state index in [2.05, 4.69) is 16.7 Å². The lowest BCUT2D eigenvalue weighted by Gasteiger charge is -2.30. The van der Waals surface area contributed by atoms with E-state index in [4.69, 9.17) is 14.2 Å². The van der Waals surface area contributed by atoms with Crippen LogP contribution in [-0.2, 0) is 27.8 Å². The minimum absolute atomic E-state index is 0.0475. The number of allylic oxidation sites excluding steroid dienone is 1. The van der Waals surface area contributed by atoms with Crippen LogP contribution in [0.2, 0.25) is 0 Å². The molecule has 39 heavy (non-hydrogen) atoms. The Morgan fingerprint density at radius 1 is 1.00 bits per heavy atom. The lowest BCUT2D eigenvalue weighted by molar-refractivity contribution is -0.00879. The number of nitrogens with zero attached hydrogens (tertiary/aromatic N) is 3. The SMILES string of the molecule is C=N/C(=N\C=C(C)C)[C@@H](OC[C@@H](O)CO)[C@H](C)S(=O)(=O)N(Cc1ccc(OC)cc1)Cc1ccc(OC)cc1. The minimum atomic E-state index is -4.06. The summed E-state index contributed by atoms with van der Waals surface area (Å²) in [6, 6.07) is 14.3. The van der Waals surface area contributed by atoms with Crippen LogP contribution in [-0.4, -0.2) is 80.4 Å². The van der Waals surface area contributed by atoms with Crippen molar-refractivity contribution in [2.24, 2.45) is 9.98 Å². The first-order valence-electron chi connectivity index (χ1n) is 12.4. The molecule has 0 amide bonds. The van der Waals surface area contributed by atoms with Gasteiger partial charge in [-0.2, -0.15) is 4.31 Å². The third-order valence-corrected chi connectivity index (χ3v) is 8.01. The molecule has 0 spiro atoms. The Hall–Kier alpha value is -3.09. The Morgan fingerprint density at radius 3 is 1.87 bits per heavy atom. The van der Waals surface area contributed by atoms with Crippen LogP contribution >= 0.6 is 0 Å². The van der Waals surface area contributed by atoms with Gasteiger partial charge in [-0.25, -0.2) is 18.4 Å². The van der Waals surface area contributed by atoms with Gasteiger partial charge in [0.25, 0.3) is 0 Å². The fourth-order valence-electron chi connectivity index (χ4n) is 3.58. The van der Waals surface area contributed by atoms with Crippen molar-refractivity contribution in [3.05, 3.63) is 71.4 Å². The number of benzene rings is 2. The van der Waals surface area contributed by atoms with E-state index < -0.39 is 34.1 Å². The largest absolute Gasteiger partial charge is 0.497 e. The molecule has 0 unspecified atom stereocenters. The smallest absolute Gasteiger partial charge is 0.220 e. The number of sulfonamides is 1. The normalized spacial score (nSPS) is 14.4. The van der Waals surface area contributed by atoms with Crippen molar-refractivity contribution in [2.75, 3.05) is 27.4 Å². The summed E-state index contributed by atoms with van der Waals surface area (Å²) in [5, 5.41) is 18.0. The van der Waals surface area contributed by atoms with Crippen LogP contribution in [0.5, 0.6) is 11.5 Å². The predicted molar refractivity (Wildman–Crippen MR) is 153 cm³/mol. The highest BCUT2D eigenvalue weighted by atomic mass is 32.2. The molecule has 0 radical (unpaired) electrons. The molecular formula is C28H39N3O7S. The van der Waals surface area contributed by atoms with Crippen molar-refractivity contribution in [1.29, 1.82) is 0 Å². The standard InChI is InChI=1S/C28H39N3O7S/c1-20(2)15-30-28(29-4)27(38-19-24(33)18-32)21(3)39(34,35)31(16-22-7-11-25(36-5)12-8-22)17-23-9-13-26(37-6)14-10-23/h7-15,21,24,27,32-33H,4,16-19H2,1-3,5-6H3/b30-28-/t21-,24-,27-/m0/s1. The summed E-state index contributed by atoms with van der Waals surface area (Å²) in [7, 11) is -0.939. The highest BCUT2D eigenvalue weighted by molar-refractivity contribution is 7.89. The van der Waals surface area contributed by atoms with Crippen LogP contribution in [0, 0.1) is 0 Å². The summed E-state index contributed by atoms with van der Waals surface area (Å²) in [5.41, 5.74) is 2.38. The summed E-state index contributed by atoms with van der Waals surface area (Å²) in [6.07, 6.45) is -0.834. The van der Waals surface area contributed by atoms with Crippen LogP contribution in [0.15, 0.2) is 70.3 Å². The molecule has 0 aliphatic heterocycles. The summed E-state index contributed by atoms with van der Waals surface area (Å²) in [4.78, 5) is 8.23. The second kappa shape index (κ2) is 15.5. The Balaban J connectivity index is 2.51. The molecule has 2 N–H and O–H groups in total. The van der Waals surface area contributed by atoms with Crippen LogP contribution in [0.1, 0.15) is 31.9 Å². The van der Waals surface area contributed by atoms with E-state index in [1.54, 1.807) is 62.8 Å². The van der Waals surface area contributed by atoms with Crippen molar-refractivity contribution in [3.8, 4) is 11.5 Å². The average Bonchev–Trinajstić information content (AvgIpc) is 2.94. The molecule has 0 heterocycles. The summed E-state index contributed by atoms with van der Waals surface area (Å²) >= 11 is 0. The molecule has 0 fully saturated rings. The van der Waals surface area contributed by atoms with Gasteiger partial charge in [0, 0.05) is 19.3 Å². The minimum Gasteiger partial charge on any atom is -0.497 e. The van der Waals surface area contributed by atoms with Gasteiger partial charge < -0.3 is 24.4 Å². The molecule has 2 aromatic rings. The van der Waals surface area contributed by atoms with Crippen molar-refractivity contribution in [2.45, 2.75) is 51.3 Å². The Labute approximate surface area is 231 Å². The molecule has 0 aliphatic rings. The molecule has 10 nitrogen and oxygen atoms in total. The van der Waals surface area contributed by atoms with Crippen LogP contribution in [0.3, 0.4) is 0 Å². The van der Waals surface area contributed by atoms with Crippen LogP contribution in [0.4, 0.5) is 0 Å². The van der Waals surface area contributed by atoms with Crippen molar-refractivity contribution in [3.63, 3.8) is 0 Å². The fraction of sp³-hybridized carbons (Fsp3) is 0.429. The van der Waals surface area contributed by atoms with Gasteiger partial charge in [-0.05, 0) is 62.9 Å². The van der Waals surface area contributed by atoms with Crippen LogP contribution in [0.25, 0.3) is 0 Å². The van der Waals surface area contributed by atoms with Gasteiger partial charge >= 0.3 is 0 Å². The Kier molecular flexibility index (Phi) is 12.8. The molecule has 11 heteroatoms. The average molecular weight is 562 g/mol. The number of ether oxygens (including phenoxy) is 3. The zero-order valence-corrected chi connectivity index (χ0v) is 24.0. The third kappa shape index (κ3) is 9.55. The lowest BCUT2D eigenvalue weighted by Crippen LogP contribution is -2.47. The first-order chi connectivity index (χ1) is 18.5. The predicted octanol–water partition coefficient (Wildman–Crippen LogP) is 3.19. The number of aliphatic hydroxyl groups is 2. The molecule has 214 valence electrons. The fourth-order valence-corrected chi connectivity index (χ4v) is 5.22. The van der Waals surface area contributed by atoms with Gasteiger partial charge in [0.05, 0.1) is 27.4 Å². The Bertz CT molecular complexity index is 1160. The Morgan fingerprint density at radius 2 is 1.49 bits per heavy atom. The molecule has 3 atom stereocenters. The zero-order valence-electron chi connectivity index (χ0n) is 23.1. The second-order valence-electron chi connectivity index (χ2n) is 9.16. The topological polar surface area (TPSA) is 130 Å². The van der Waals surface area contributed by atoms with Gasteiger partial charge in [0.1, 0.15) is 29.0 Å². The number of aliphatic hydroxyl groups excluding tert-OH is 2.